The van der Waals surface area contributed by atoms with Crippen molar-refractivity contribution in [1.82, 2.24) is 10.6 Å². The van der Waals surface area contributed by atoms with Gasteiger partial charge in [0.1, 0.15) is 0 Å². The van der Waals surface area contributed by atoms with E-state index in [1.165, 1.54) is 5.56 Å². The number of benzene rings is 2. The number of urea groups is 1. The number of amides is 3. The maximum Gasteiger partial charge on any atom is 0.315 e. The minimum Gasteiger partial charge on any atom is -0.493 e. The molecular formula is C23H29N3O4. The molecule has 3 amide bonds. The fourth-order valence-corrected chi connectivity index (χ4v) is 3.47. The fourth-order valence-electron chi connectivity index (χ4n) is 3.47. The van der Waals surface area contributed by atoms with Crippen molar-refractivity contribution < 1.29 is 19.1 Å². The minimum absolute atomic E-state index is 0.0139. The van der Waals surface area contributed by atoms with Crippen molar-refractivity contribution in [2.75, 3.05) is 25.2 Å². The van der Waals surface area contributed by atoms with Crippen LogP contribution in [0, 0.1) is 13.8 Å². The monoisotopic (exact) mass is 411 g/mol. The maximum atomic E-state index is 12.4. The number of carbonyl (C=O) groups excluding carboxylic acids is 2. The number of aryl methyl sites for hydroxylation is 2. The van der Waals surface area contributed by atoms with E-state index < -0.39 is 0 Å². The molecule has 0 saturated carbocycles. The van der Waals surface area contributed by atoms with Crippen LogP contribution in [0.1, 0.15) is 30.0 Å². The third-order valence-electron chi connectivity index (χ3n) is 5.24. The fraction of sp³-hybridized carbons (Fsp3) is 0.391. The first-order valence-electron chi connectivity index (χ1n) is 10.1. The van der Waals surface area contributed by atoms with Crippen LogP contribution in [-0.4, -0.2) is 38.2 Å². The SMILES string of the molecule is CCOc1cc(CNC(=O)N[C@H]2CC(=O)N(c3ccc(C)c(C)c3)C2)ccc1OC. The summed E-state index contributed by atoms with van der Waals surface area (Å²) in [6.07, 6.45) is 0.289. The van der Waals surface area contributed by atoms with Crippen LogP contribution in [0.5, 0.6) is 11.5 Å². The third kappa shape index (κ3) is 5.03. The van der Waals surface area contributed by atoms with Crippen LogP contribution in [0.3, 0.4) is 0 Å². The summed E-state index contributed by atoms with van der Waals surface area (Å²) in [4.78, 5) is 26.5. The van der Waals surface area contributed by atoms with Crippen LogP contribution in [0.15, 0.2) is 36.4 Å². The number of hydrogen-bond acceptors (Lipinski definition) is 4. The van der Waals surface area contributed by atoms with Crippen LogP contribution in [0.4, 0.5) is 10.5 Å². The number of nitrogens with zero attached hydrogens (tertiary/aromatic N) is 1. The van der Waals surface area contributed by atoms with E-state index in [4.69, 9.17) is 9.47 Å². The van der Waals surface area contributed by atoms with E-state index in [0.29, 0.717) is 31.2 Å². The molecule has 30 heavy (non-hydrogen) atoms. The first kappa shape index (κ1) is 21.5. The predicted molar refractivity (Wildman–Crippen MR) is 116 cm³/mol. The highest BCUT2D eigenvalue weighted by atomic mass is 16.5. The maximum absolute atomic E-state index is 12.4. The van der Waals surface area contributed by atoms with Crippen LogP contribution in [0.25, 0.3) is 0 Å². The molecule has 2 aromatic rings. The molecule has 1 aliphatic heterocycles. The normalized spacial score (nSPS) is 15.8. The Morgan fingerprint density at radius 3 is 2.63 bits per heavy atom. The standard InChI is InChI=1S/C23H29N3O4/c1-5-30-21-11-17(7-9-20(21)29-4)13-24-23(28)25-18-12-22(27)26(14-18)19-8-6-15(2)16(3)10-19/h6-11,18H,5,12-14H2,1-4H3,(H2,24,25,28)/t18-/m0/s1. The van der Waals surface area contributed by atoms with Gasteiger partial charge in [0.15, 0.2) is 11.5 Å². The zero-order valence-corrected chi connectivity index (χ0v) is 18.0. The summed E-state index contributed by atoms with van der Waals surface area (Å²) in [5.74, 6) is 1.31. The molecule has 0 spiro atoms. The molecule has 7 heteroatoms. The lowest BCUT2D eigenvalue weighted by Crippen LogP contribution is -2.43. The number of anilines is 1. The van der Waals surface area contributed by atoms with Crippen molar-refractivity contribution in [3.05, 3.63) is 53.1 Å². The molecule has 0 radical (unpaired) electrons. The van der Waals surface area contributed by atoms with Gasteiger partial charge in [0.05, 0.1) is 19.8 Å². The summed E-state index contributed by atoms with van der Waals surface area (Å²) in [6.45, 7) is 7.31. The second-order valence-electron chi connectivity index (χ2n) is 7.42. The average Bonchev–Trinajstić information content (AvgIpc) is 3.09. The summed E-state index contributed by atoms with van der Waals surface area (Å²) >= 11 is 0. The first-order valence-corrected chi connectivity index (χ1v) is 10.1. The van der Waals surface area contributed by atoms with Gasteiger partial charge in [-0.3, -0.25) is 4.79 Å². The molecule has 2 aromatic carbocycles. The summed E-state index contributed by atoms with van der Waals surface area (Å²) in [5, 5.41) is 5.74. The Balaban J connectivity index is 1.55. The van der Waals surface area contributed by atoms with Gasteiger partial charge in [0.25, 0.3) is 0 Å². The highest BCUT2D eigenvalue weighted by Gasteiger charge is 2.31. The van der Waals surface area contributed by atoms with Gasteiger partial charge < -0.3 is 25.0 Å². The molecule has 0 aromatic heterocycles. The molecule has 1 fully saturated rings. The van der Waals surface area contributed by atoms with Crippen LogP contribution in [-0.2, 0) is 11.3 Å². The van der Waals surface area contributed by atoms with E-state index in [-0.39, 0.29) is 24.4 Å². The van der Waals surface area contributed by atoms with E-state index in [1.54, 1.807) is 12.0 Å². The van der Waals surface area contributed by atoms with Crippen molar-refractivity contribution in [2.45, 2.75) is 39.8 Å². The van der Waals surface area contributed by atoms with Crippen molar-refractivity contribution in [3.63, 3.8) is 0 Å². The first-order chi connectivity index (χ1) is 14.4. The zero-order valence-electron chi connectivity index (χ0n) is 18.0. The van der Waals surface area contributed by atoms with E-state index in [9.17, 15) is 9.59 Å². The lowest BCUT2D eigenvalue weighted by Gasteiger charge is -2.18. The largest absolute Gasteiger partial charge is 0.493 e. The average molecular weight is 412 g/mol. The Labute approximate surface area is 177 Å². The number of hydrogen-bond donors (Lipinski definition) is 2. The summed E-state index contributed by atoms with van der Waals surface area (Å²) < 4.78 is 10.8. The second-order valence-corrected chi connectivity index (χ2v) is 7.42. The quantitative estimate of drug-likeness (QED) is 0.733. The summed E-state index contributed by atoms with van der Waals surface area (Å²) in [5.41, 5.74) is 4.09. The van der Waals surface area contributed by atoms with Gasteiger partial charge in [-0.2, -0.15) is 0 Å². The van der Waals surface area contributed by atoms with Crippen LogP contribution in [0.2, 0.25) is 0 Å². The van der Waals surface area contributed by atoms with Gasteiger partial charge in [0.2, 0.25) is 5.91 Å². The molecule has 1 aliphatic rings. The Hall–Kier alpha value is -3.22. The Morgan fingerprint density at radius 2 is 1.93 bits per heavy atom. The summed E-state index contributed by atoms with van der Waals surface area (Å²) in [7, 11) is 1.59. The van der Waals surface area contributed by atoms with Crippen molar-refractivity contribution in [2.24, 2.45) is 0 Å². The van der Waals surface area contributed by atoms with E-state index in [0.717, 1.165) is 16.8 Å². The number of ether oxygens (including phenoxy) is 2. The van der Waals surface area contributed by atoms with Crippen LogP contribution < -0.4 is 25.0 Å². The number of carbonyl (C=O) groups is 2. The highest BCUT2D eigenvalue weighted by Crippen LogP contribution is 2.28. The van der Waals surface area contributed by atoms with E-state index in [2.05, 4.69) is 10.6 Å². The molecular weight excluding hydrogens is 382 g/mol. The molecule has 2 N–H and O–H groups in total. The molecule has 0 unspecified atom stereocenters. The molecule has 3 rings (SSSR count). The third-order valence-corrected chi connectivity index (χ3v) is 5.24. The van der Waals surface area contributed by atoms with Gasteiger partial charge >= 0.3 is 6.03 Å². The molecule has 7 nitrogen and oxygen atoms in total. The highest BCUT2D eigenvalue weighted by molar-refractivity contribution is 5.96. The molecule has 160 valence electrons. The van der Waals surface area contributed by atoms with E-state index >= 15 is 0 Å². The van der Waals surface area contributed by atoms with Gasteiger partial charge in [-0.1, -0.05) is 12.1 Å². The zero-order chi connectivity index (χ0) is 21.7. The Morgan fingerprint density at radius 1 is 1.13 bits per heavy atom. The van der Waals surface area contributed by atoms with Crippen molar-refractivity contribution in [1.29, 1.82) is 0 Å². The summed E-state index contributed by atoms with van der Waals surface area (Å²) in [6, 6.07) is 11.0. The minimum atomic E-state index is -0.302. The van der Waals surface area contributed by atoms with Gasteiger partial charge in [-0.25, -0.2) is 4.79 Å². The molecule has 1 heterocycles. The van der Waals surface area contributed by atoms with Gasteiger partial charge in [-0.15, -0.1) is 0 Å². The van der Waals surface area contributed by atoms with Crippen molar-refractivity contribution >= 4 is 17.6 Å². The molecule has 0 aliphatic carbocycles. The number of methoxy groups -OCH3 is 1. The van der Waals surface area contributed by atoms with Crippen LogP contribution >= 0.6 is 0 Å². The van der Waals surface area contributed by atoms with Crippen molar-refractivity contribution in [3.8, 4) is 11.5 Å². The Bertz CT molecular complexity index is 929. The molecule has 1 saturated heterocycles. The lowest BCUT2D eigenvalue weighted by atomic mass is 10.1. The molecule has 1 atom stereocenters. The smallest absolute Gasteiger partial charge is 0.315 e. The lowest BCUT2D eigenvalue weighted by molar-refractivity contribution is -0.117. The molecule has 0 bridgehead atoms. The van der Waals surface area contributed by atoms with Gasteiger partial charge in [0, 0.05) is 25.2 Å². The number of rotatable bonds is 7. The number of nitrogens with one attached hydrogen (secondary N) is 2. The van der Waals surface area contributed by atoms with E-state index in [1.807, 2.05) is 57.2 Å². The van der Waals surface area contributed by atoms with Gasteiger partial charge in [-0.05, 0) is 61.7 Å². The Kier molecular flexibility index (Phi) is 6.82. The predicted octanol–water partition coefficient (Wildman–Crippen LogP) is 3.32. The second kappa shape index (κ2) is 9.52. The topological polar surface area (TPSA) is 79.9 Å².